The minimum atomic E-state index is -3.62. The van der Waals surface area contributed by atoms with Crippen molar-refractivity contribution in [1.29, 1.82) is 5.26 Å². The van der Waals surface area contributed by atoms with Crippen LogP contribution in [0.2, 0.25) is 5.02 Å². The van der Waals surface area contributed by atoms with Gasteiger partial charge >= 0.3 is 0 Å². The van der Waals surface area contributed by atoms with Crippen molar-refractivity contribution in [2.45, 2.75) is 18.7 Å². The van der Waals surface area contributed by atoms with Gasteiger partial charge in [-0.1, -0.05) is 41.9 Å². The van der Waals surface area contributed by atoms with Crippen LogP contribution in [0.1, 0.15) is 18.1 Å². The number of ether oxygens (including phenoxy) is 2. The predicted octanol–water partition coefficient (Wildman–Crippen LogP) is 4.12. The van der Waals surface area contributed by atoms with E-state index < -0.39 is 20.9 Å². The molecule has 0 aliphatic heterocycles. The maximum atomic E-state index is 12.5. The van der Waals surface area contributed by atoms with Gasteiger partial charge < -0.3 is 9.47 Å². The second-order valence-electron chi connectivity index (χ2n) is 6.82. The first-order valence-electron chi connectivity index (χ1n) is 9.81. The molecule has 0 saturated heterocycles. The van der Waals surface area contributed by atoms with E-state index in [2.05, 4.69) is 14.7 Å². The molecule has 3 aromatic rings. The van der Waals surface area contributed by atoms with Crippen molar-refractivity contribution in [2.75, 3.05) is 18.2 Å². The van der Waals surface area contributed by atoms with Crippen LogP contribution in [0.4, 0.5) is 5.13 Å². The average Bonchev–Trinajstić information content (AvgIpc) is 3.27. The van der Waals surface area contributed by atoms with Crippen LogP contribution < -0.4 is 14.8 Å². The Bertz CT molecular complexity index is 1370. The minimum absolute atomic E-state index is 0.0516. The number of carbonyl (C=O) groups is 1. The summed E-state index contributed by atoms with van der Waals surface area (Å²) in [6, 6.07) is 14.5. The Labute approximate surface area is 205 Å². The largest absolute Gasteiger partial charge is 0.490 e. The lowest BCUT2D eigenvalue weighted by molar-refractivity contribution is -0.112. The van der Waals surface area contributed by atoms with E-state index in [1.54, 1.807) is 19.1 Å². The molecule has 3 rings (SSSR count). The third kappa shape index (κ3) is 6.54. The molecule has 0 atom stereocenters. The van der Waals surface area contributed by atoms with Gasteiger partial charge in [-0.15, -0.1) is 0 Å². The molecule has 1 aromatic heterocycles. The zero-order chi connectivity index (χ0) is 24.7. The lowest BCUT2D eigenvalue weighted by Crippen LogP contribution is -2.13. The van der Waals surface area contributed by atoms with E-state index in [-0.39, 0.29) is 22.3 Å². The van der Waals surface area contributed by atoms with E-state index in [9.17, 15) is 18.5 Å². The molecule has 1 heterocycles. The Morgan fingerprint density at radius 1 is 1.26 bits per heavy atom. The highest BCUT2D eigenvalue weighted by atomic mass is 35.5. The number of nitrogens with zero attached hydrogens (tertiary/aromatic N) is 3. The Balaban J connectivity index is 1.83. The van der Waals surface area contributed by atoms with Gasteiger partial charge in [0.15, 0.2) is 11.5 Å². The van der Waals surface area contributed by atoms with Crippen LogP contribution in [0, 0.1) is 11.3 Å². The van der Waals surface area contributed by atoms with Crippen LogP contribution in [-0.2, 0) is 21.2 Å². The first-order chi connectivity index (χ1) is 16.2. The van der Waals surface area contributed by atoms with Crippen LogP contribution >= 0.6 is 23.1 Å². The average molecular weight is 519 g/mol. The second-order valence-corrected chi connectivity index (χ2v) is 9.88. The number of halogens is 1. The van der Waals surface area contributed by atoms with Crippen LogP contribution in [-0.4, -0.2) is 36.5 Å². The third-order valence-electron chi connectivity index (χ3n) is 4.19. The maximum absolute atomic E-state index is 12.5. The highest BCUT2D eigenvalue weighted by molar-refractivity contribution is 7.90. The van der Waals surface area contributed by atoms with E-state index in [0.717, 1.165) is 11.8 Å². The van der Waals surface area contributed by atoms with E-state index in [1.165, 1.54) is 6.08 Å². The zero-order valence-corrected chi connectivity index (χ0v) is 20.5. The monoisotopic (exact) mass is 518 g/mol. The molecular weight excluding hydrogens is 500 g/mol. The van der Waals surface area contributed by atoms with Crippen molar-refractivity contribution in [3.63, 3.8) is 0 Å². The number of sulfone groups is 1. The quantitative estimate of drug-likeness (QED) is 0.330. The number of anilines is 1. The molecule has 1 N–H and O–H groups in total. The van der Waals surface area contributed by atoms with Gasteiger partial charge in [0, 0.05) is 17.8 Å². The van der Waals surface area contributed by atoms with Crippen molar-refractivity contribution in [2.24, 2.45) is 0 Å². The fourth-order valence-corrected chi connectivity index (χ4v) is 4.41. The predicted molar refractivity (Wildman–Crippen MR) is 129 cm³/mol. The highest BCUT2D eigenvalue weighted by Crippen LogP contribution is 2.38. The number of aromatic nitrogens is 2. The smallest absolute Gasteiger partial charge is 0.268 e. The number of nitrogens with one attached hydrogen (secondary N) is 1. The van der Waals surface area contributed by atoms with E-state index >= 15 is 0 Å². The molecule has 2 aromatic carbocycles. The number of hydrogen-bond acceptors (Lipinski definition) is 9. The maximum Gasteiger partial charge on any atom is 0.268 e. The van der Waals surface area contributed by atoms with Crippen molar-refractivity contribution in [3.8, 4) is 17.6 Å². The van der Waals surface area contributed by atoms with Gasteiger partial charge in [0.2, 0.25) is 15.0 Å². The number of hydrogen-bond donors (Lipinski definition) is 1. The SMILES string of the molecule is CCOc1cc(C=C(C#N)C(=O)Nc2nc(S(C)(=O)=O)ns2)cc(Cl)c1OCc1ccccc1. The van der Waals surface area contributed by atoms with Crippen molar-refractivity contribution in [1.82, 2.24) is 9.36 Å². The zero-order valence-electron chi connectivity index (χ0n) is 18.1. The lowest BCUT2D eigenvalue weighted by Gasteiger charge is -2.14. The summed E-state index contributed by atoms with van der Waals surface area (Å²) in [6.45, 7) is 2.42. The molecule has 0 unspecified atom stereocenters. The first kappa shape index (κ1) is 25.2. The molecule has 1 amide bonds. The second kappa shape index (κ2) is 11.1. The van der Waals surface area contributed by atoms with E-state index in [0.29, 0.717) is 35.2 Å². The minimum Gasteiger partial charge on any atom is -0.490 e. The lowest BCUT2D eigenvalue weighted by atomic mass is 10.1. The van der Waals surface area contributed by atoms with Crippen molar-refractivity contribution >= 4 is 50.1 Å². The Kier molecular flexibility index (Phi) is 8.22. The fourth-order valence-electron chi connectivity index (χ4n) is 2.70. The van der Waals surface area contributed by atoms with Crippen LogP contribution in [0.25, 0.3) is 6.08 Å². The molecule has 34 heavy (non-hydrogen) atoms. The fraction of sp³-hybridized carbons (Fsp3) is 0.182. The molecule has 0 aliphatic rings. The van der Waals surface area contributed by atoms with Gasteiger partial charge in [0.25, 0.3) is 11.1 Å². The van der Waals surface area contributed by atoms with Gasteiger partial charge in [-0.25, -0.2) is 8.42 Å². The summed E-state index contributed by atoms with van der Waals surface area (Å²) >= 11 is 7.12. The van der Waals surface area contributed by atoms with Gasteiger partial charge in [-0.05, 0) is 36.3 Å². The topological polar surface area (TPSA) is 131 Å². The Morgan fingerprint density at radius 2 is 2.00 bits per heavy atom. The molecule has 0 radical (unpaired) electrons. The van der Waals surface area contributed by atoms with Gasteiger partial charge in [0.1, 0.15) is 18.2 Å². The van der Waals surface area contributed by atoms with Crippen LogP contribution in [0.15, 0.2) is 53.2 Å². The molecule has 176 valence electrons. The summed E-state index contributed by atoms with van der Waals surface area (Å²) in [4.78, 5) is 16.3. The van der Waals surface area contributed by atoms with E-state index in [4.69, 9.17) is 21.1 Å². The third-order valence-corrected chi connectivity index (χ3v) is 6.07. The number of carbonyl (C=O) groups excluding carboxylic acids is 1. The number of benzene rings is 2. The number of amides is 1. The molecular formula is C22H19ClN4O5S2. The molecule has 12 heteroatoms. The van der Waals surface area contributed by atoms with Gasteiger partial charge in [0.05, 0.1) is 11.6 Å². The molecule has 0 bridgehead atoms. The molecule has 0 saturated carbocycles. The van der Waals surface area contributed by atoms with Crippen LogP contribution in [0.3, 0.4) is 0 Å². The van der Waals surface area contributed by atoms with Crippen molar-refractivity contribution < 1.29 is 22.7 Å². The molecule has 0 fully saturated rings. The molecule has 0 aliphatic carbocycles. The summed E-state index contributed by atoms with van der Waals surface area (Å²) in [5, 5.41) is 11.6. The summed E-state index contributed by atoms with van der Waals surface area (Å²) < 4.78 is 38.2. The standard InChI is InChI=1S/C22H19ClN4O5S2/c1-3-31-18-11-15(10-17(23)19(18)32-13-14-7-5-4-6-8-14)9-16(12-24)20(28)25-21-26-22(27-33-21)34(2,29)30/h4-11H,3,13H2,1-2H3,(H,25,26,27,28). The van der Waals surface area contributed by atoms with Crippen molar-refractivity contribution in [3.05, 3.63) is 64.2 Å². The molecule has 9 nitrogen and oxygen atoms in total. The van der Waals surface area contributed by atoms with Gasteiger partial charge in [-0.3, -0.25) is 10.1 Å². The Morgan fingerprint density at radius 3 is 2.62 bits per heavy atom. The summed E-state index contributed by atoms with van der Waals surface area (Å²) in [5.74, 6) is -0.0800. The molecule has 0 spiro atoms. The number of nitriles is 1. The highest BCUT2D eigenvalue weighted by Gasteiger charge is 2.18. The van der Waals surface area contributed by atoms with Crippen LogP contribution in [0.5, 0.6) is 11.5 Å². The van der Waals surface area contributed by atoms with E-state index in [1.807, 2.05) is 36.4 Å². The number of rotatable bonds is 9. The van der Waals surface area contributed by atoms with Gasteiger partial charge in [-0.2, -0.15) is 14.6 Å². The summed E-state index contributed by atoms with van der Waals surface area (Å²) in [7, 11) is -3.62. The summed E-state index contributed by atoms with van der Waals surface area (Å²) in [5.41, 5.74) is 1.12. The Hall–Kier alpha value is -3.46. The first-order valence-corrected chi connectivity index (χ1v) is 12.9. The normalized spacial score (nSPS) is 11.5. The summed E-state index contributed by atoms with van der Waals surface area (Å²) in [6.07, 6.45) is 2.28.